The molecule has 0 aromatic rings. The van der Waals surface area contributed by atoms with E-state index in [0.29, 0.717) is 18.4 Å². The van der Waals surface area contributed by atoms with Gasteiger partial charge in [-0.1, -0.05) is 20.8 Å². The standard InChI is InChI=1S/C14H28N2O/c1-5-15-12(4)10-14(17)16-8-6-13(7-9-16)11(2)3/h11-13,15H,5-10H2,1-4H3. The second-order valence-corrected chi connectivity index (χ2v) is 5.63. The summed E-state index contributed by atoms with van der Waals surface area (Å²) in [5.41, 5.74) is 0. The predicted octanol–water partition coefficient (Wildman–Crippen LogP) is 2.27. The van der Waals surface area contributed by atoms with Crippen molar-refractivity contribution in [1.82, 2.24) is 10.2 Å². The number of carbonyl (C=O) groups excluding carboxylic acids is 1. The Morgan fingerprint density at radius 2 is 1.88 bits per heavy atom. The summed E-state index contributed by atoms with van der Waals surface area (Å²) in [5.74, 6) is 1.89. The first-order valence-corrected chi connectivity index (χ1v) is 7.05. The van der Waals surface area contributed by atoms with E-state index < -0.39 is 0 Å². The number of likely N-dealkylation sites (tertiary alicyclic amines) is 1. The van der Waals surface area contributed by atoms with Crippen LogP contribution in [0, 0.1) is 11.8 Å². The van der Waals surface area contributed by atoms with Crippen molar-refractivity contribution >= 4 is 5.91 Å². The van der Waals surface area contributed by atoms with Crippen LogP contribution in [0.4, 0.5) is 0 Å². The van der Waals surface area contributed by atoms with Crippen LogP contribution in [0.3, 0.4) is 0 Å². The monoisotopic (exact) mass is 240 g/mol. The van der Waals surface area contributed by atoms with Crippen LogP contribution in [0.5, 0.6) is 0 Å². The van der Waals surface area contributed by atoms with Gasteiger partial charge in [0.15, 0.2) is 0 Å². The van der Waals surface area contributed by atoms with Crippen molar-refractivity contribution in [2.24, 2.45) is 11.8 Å². The van der Waals surface area contributed by atoms with Gasteiger partial charge in [-0.3, -0.25) is 4.79 Å². The maximum Gasteiger partial charge on any atom is 0.224 e. The Labute approximate surface area is 106 Å². The molecule has 1 aliphatic rings. The molecule has 1 amide bonds. The lowest BCUT2D eigenvalue weighted by atomic mass is 9.86. The van der Waals surface area contributed by atoms with Gasteiger partial charge in [-0.25, -0.2) is 0 Å². The molecule has 0 bridgehead atoms. The first kappa shape index (κ1) is 14.5. The number of hydrogen-bond donors (Lipinski definition) is 1. The third-order valence-corrected chi connectivity index (χ3v) is 3.87. The maximum atomic E-state index is 12.0. The Hall–Kier alpha value is -0.570. The van der Waals surface area contributed by atoms with E-state index in [4.69, 9.17) is 0 Å². The first-order chi connectivity index (χ1) is 8.04. The topological polar surface area (TPSA) is 32.3 Å². The zero-order valence-electron chi connectivity index (χ0n) is 11.8. The molecule has 0 aromatic carbocycles. The lowest BCUT2D eigenvalue weighted by Gasteiger charge is -2.34. The molecule has 1 rings (SSSR count). The van der Waals surface area contributed by atoms with Crippen LogP contribution in [0.1, 0.15) is 47.0 Å². The molecule has 1 fully saturated rings. The fourth-order valence-electron chi connectivity index (χ4n) is 2.63. The molecule has 3 nitrogen and oxygen atoms in total. The van der Waals surface area contributed by atoms with Gasteiger partial charge in [0.25, 0.3) is 0 Å². The van der Waals surface area contributed by atoms with Gasteiger partial charge >= 0.3 is 0 Å². The van der Waals surface area contributed by atoms with E-state index in [0.717, 1.165) is 31.5 Å². The molecule has 17 heavy (non-hydrogen) atoms. The van der Waals surface area contributed by atoms with Gasteiger partial charge in [0.1, 0.15) is 0 Å². The minimum Gasteiger partial charge on any atom is -0.343 e. The van der Waals surface area contributed by atoms with Gasteiger partial charge < -0.3 is 10.2 Å². The molecule has 1 aliphatic heterocycles. The molecule has 100 valence electrons. The third-order valence-electron chi connectivity index (χ3n) is 3.87. The Balaban J connectivity index is 2.30. The van der Waals surface area contributed by atoms with Crippen molar-refractivity contribution in [3.05, 3.63) is 0 Å². The summed E-state index contributed by atoms with van der Waals surface area (Å²) in [6, 6.07) is 0.301. The number of piperidine rings is 1. The minimum absolute atomic E-state index is 0.301. The lowest BCUT2D eigenvalue weighted by Crippen LogP contribution is -2.42. The average molecular weight is 240 g/mol. The van der Waals surface area contributed by atoms with Crippen molar-refractivity contribution in [2.45, 2.75) is 53.0 Å². The van der Waals surface area contributed by atoms with Gasteiger partial charge in [0.2, 0.25) is 5.91 Å². The molecular formula is C14H28N2O. The van der Waals surface area contributed by atoms with Gasteiger partial charge in [0, 0.05) is 25.6 Å². The van der Waals surface area contributed by atoms with Gasteiger partial charge in [0.05, 0.1) is 0 Å². The van der Waals surface area contributed by atoms with Gasteiger partial charge in [-0.05, 0) is 38.1 Å². The lowest BCUT2D eigenvalue weighted by molar-refractivity contribution is -0.133. The van der Waals surface area contributed by atoms with Crippen LogP contribution in [0.15, 0.2) is 0 Å². The number of amides is 1. The van der Waals surface area contributed by atoms with Crippen molar-refractivity contribution in [3.63, 3.8) is 0 Å². The van der Waals surface area contributed by atoms with Crippen LogP contribution in [0.25, 0.3) is 0 Å². The quantitative estimate of drug-likeness (QED) is 0.799. The molecular weight excluding hydrogens is 212 g/mol. The first-order valence-electron chi connectivity index (χ1n) is 7.05. The molecule has 1 N–H and O–H groups in total. The van der Waals surface area contributed by atoms with Crippen LogP contribution in [-0.2, 0) is 4.79 Å². The second kappa shape index (κ2) is 7.00. The van der Waals surface area contributed by atoms with Crippen LogP contribution >= 0.6 is 0 Å². The summed E-state index contributed by atoms with van der Waals surface area (Å²) >= 11 is 0. The number of nitrogens with zero attached hydrogens (tertiary/aromatic N) is 1. The molecule has 3 heteroatoms. The van der Waals surface area contributed by atoms with E-state index in [1.165, 1.54) is 12.8 Å². The van der Waals surface area contributed by atoms with Crippen LogP contribution < -0.4 is 5.32 Å². The Bertz CT molecular complexity index is 232. The molecule has 0 radical (unpaired) electrons. The van der Waals surface area contributed by atoms with E-state index in [9.17, 15) is 4.79 Å². The van der Waals surface area contributed by atoms with E-state index in [-0.39, 0.29) is 0 Å². The highest BCUT2D eigenvalue weighted by Gasteiger charge is 2.24. The van der Waals surface area contributed by atoms with Crippen molar-refractivity contribution in [3.8, 4) is 0 Å². The third kappa shape index (κ3) is 4.66. The molecule has 1 heterocycles. The minimum atomic E-state index is 0.301. The molecule has 0 spiro atoms. The zero-order chi connectivity index (χ0) is 12.8. The van der Waals surface area contributed by atoms with Crippen LogP contribution in [0.2, 0.25) is 0 Å². The highest BCUT2D eigenvalue weighted by molar-refractivity contribution is 5.76. The van der Waals surface area contributed by atoms with Crippen molar-refractivity contribution < 1.29 is 4.79 Å². The summed E-state index contributed by atoms with van der Waals surface area (Å²) in [5, 5.41) is 3.29. The number of hydrogen-bond acceptors (Lipinski definition) is 2. The Kier molecular flexibility index (Phi) is 5.96. The van der Waals surface area contributed by atoms with Crippen LogP contribution in [-0.4, -0.2) is 36.5 Å². The summed E-state index contributed by atoms with van der Waals surface area (Å²) in [6.45, 7) is 11.6. The van der Waals surface area contributed by atoms with Crippen molar-refractivity contribution in [2.75, 3.05) is 19.6 Å². The average Bonchev–Trinajstić information content (AvgIpc) is 2.29. The fraction of sp³-hybridized carbons (Fsp3) is 0.929. The van der Waals surface area contributed by atoms with Gasteiger partial charge in [-0.15, -0.1) is 0 Å². The molecule has 1 saturated heterocycles. The van der Waals surface area contributed by atoms with Gasteiger partial charge in [-0.2, -0.15) is 0 Å². The highest BCUT2D eigenvalue weighted by Crippen LogP contribution is 2.24. The Morgan fingerprint density at radius 1 is 1.29 bits per heavy atom. The van der Waals surface area contributed by atoms with E-state index in [2.05, 4.69) is 33.0 Å². The van der Waals surface area contributed by atoms with Crippen molar-refractivity contribution in [1.29, 1.82) is 0 Å². The molecule has 1 atom stereocenters. The Morgan fingerprint density at radius 3 is 2.35 bits per heavy atom. The molecule has 0 aliphatic carbocycles. The number of rotatable bonds is 5. The smallest absolute Gasteiger partial charge is 0.224 e. The summed E-state index contributed by atoms with van der Waals surface area (Å²) in [7, 11) is 0. The largest absolute Gasteiger partial charge is 0.343 e. The molecule has 1 unspecified atom stereocenters. The normalized spacial score (nSPS) is 19.7. The summed E-state index contributed by atoms with van der Waals surface area (Å²) in [6.07, 6.45) is 3.00. The molecule has 0 saturated carbocycles. The predicted molar refractivity (Wildman–Crippen MR) is 71.9 cm³/mol. The molecule has 0 aromatic heterocycles. The van der Waals surface area contributed by atoms with E-state index in [1.807, 2.05) is 4.90 Å². The maximum absolute atomic E-state index is 12.0. The number of carbonyl (C=O) groups is 1. The second-order valence-electron chi connectivity index (χ2n) is 5.63. The number of nitrogens with one attached hydrogen (secondary N) is 1. The summed E-state index contributed by atoms with van der Waals surface area (Å²) in [4.78, 5) is 14.1. The zero-order valence-corrected chi connectivity index (χ0v) is 11.8. The van der Waals surface area contributed by atoms with E-state index >= 15 is 0 Å². The summed E-state index contributed by atoms with van der Waals surface area (Å²) < 4.78 is 0. The SMILES string of the molecule is CCNC(C)CC(=O)N1CCC(C(C)C)CC1. The highest BCUT2D eigenvalue weighted by atomic mass is 16.2. The van der Waals surface area contributed by atoms with E-state index in [1.54, 1.807) is 0 Å². The fourth-order valence-corrected chi connectivity index (χ4v) is 2.63.